The van der Waals surface area contributed by atoms with Crippen molar-refractivity contribution in [1.29, 1.82) is 0 Å². The lowest BCUT2D eigenvalue weighted by molar-refractivity contribution is -0.126. The quantitative estimate of drug-likeness (QED) is 0.649. The summed E-state index contributed by atoms with van der Waals surface area (Å²) in [7, 11) is 1.51. The number of nitrogens with one attached hydrogen (secondary N) is 2. The van der Waals surface area contributed by atoms with Crippen LogP contribution in [0.25, 0.3) is 0 Å². The minimum absolute atomic E-state index is 0. The summed E-state index contributed by atoms with van der Waals surface area (Å²) in [6.45, 7) is 3.86. The van der Waals surface area contributed by atoms with Crippen molar-refractivity contribution in [3.63, 3.8) is 0 Å². The molecular formula is C16H25Cl2N3O3. The number of ether oxygens (including phenoxy) is 1. The minimum Gasteiger partial charge on any atom is -0.495 e. The summed E-state index contributed by atoms with van der Waals surface area (Å²) in [6, 6.07) is 4.95. The number of nitrogens with two attached hydrogens (primary N) is 1. The van der Waals surface area contributed by atoms with Crippen LogP contribution in [0.2, 0.25) is 5.02 Å². The fourth-order valence-corrected chi connectivity index (χ4v) is 2.29. The first-order chi connectivity index (χ1) is 10.8. The smallest absolute Gasteiger partial charge is 0.239 e. The molecule has 8 heteroatoms. The zero-order valence-electron chi connectivity index (χ0n) is 14.1. The number of hydrogen-bond donors (Lipinski definition) is 3. The second kappa shape index (κ2) is 10.4. The van der Waals surface area contributed by atoms with Crippen LogP contribution >= 0.6 is 24.0 Å². The van der Waals surface area contributed by atoms with Gasteiger partial charge in [-0.3, -0.25) is 9.59 Å². The molecule has 1 atom stereocenters. The molecule has 1 aromatic rings. The molecule has 0 heterocycles. The van der Waals surface area contributed by atoms with Crippen molar-refractivity contribution in [2.24, 2.45) is 5.73 Å². The predicted molar refractivity (Wildman–Crippen MR) is 99.0 cm³/mol. The summed E-state index contributed by atoms with van der Waals surface area (Å²) in [5.41, 5.74) is 5.50. The van der Waals surface area contributed by atoms with Crippen molar-refractivity contribution in [3.8, 4) is 5.75 Å². The summed E-state index contributed by atoms with van der Waals surface area (Å²) >= 11 is 5.91. The molecule has 0 aliphatic rings. The maximum Gasteiger partial charge on any atom is 0.239 e. The molecule has 6 nitrogen and oxygen atoms in total. The Labute approximate surface area is 153 Å². The maximum absolute atomic E-state index is 12.0. The van der Waals surface area contributed by atoms with Gasteiger partial charge in [0.15, 0.2) is 0 Å². The Morgan fingerprint density at radius 3 is 2.62 bits per heavy atom. The summed E-state index contributed by atoms with van der Waals surface area (Å²) in [6.07, 6.45) is 1.53. The predicted octanol–water partition coefficient (Wildman–Crippen LogP) is 2.73. The van der Waals surface area contributed by atoms with Gasteiger partial charge in [0.25, 0.3) is 0 Å². The number of benzene rings is 1. The van der Waals surface area contributed by atoms with E-state index in [-0.39, 0.29) is 37.2 Å². The standard InChI is InChI=1S/C16H24ClN3O3.ClH/c1-4-8-16(2,18)15(22)19-9-7-14(21)20-12-10-11(17)5-6-13(12)23-3;/h5-6,10H,4,7-9,18H2,1-3H3,(H,19,22)(H,20,21);1H. The van der Waals surface area contributed by atoms with Crippen LogP contribution in [0, 0.1) is 0 Å². The van der Waals surface area contributed by atoms with Crippen LogP contribution in [-0.4, -0.2) is 31.0 Å². The summed E-state index contributed by atoms with van der Waals surface area (Å²) in [5, 5.41) is 5.88. The Hall–Kier alpha value is -1.50. The Balaban J connectivity index is 0.00000529. The number of hydrogen-bond acceptors (Lipinski definition) is 4. The molecule has 1 rings (SSSR count). The van der Waals surface area contributed by atoms with Gasteiger partial charge in [0.05, 0.1) is 18.3 Å². The third-order valence-corrected chi connectivity index (χ3v) is 3.60. The van der Waals surface area contributed by atoms with Crippen molar-refractivity contribution in [1.82, 2.24) is 5.32 Å². The van der Waals surface area contributed by atoms with E-state index >= 15 is 0 Å². The van der Waals surface area contributed by atoms with Crippen LogP contribution in [0.1, 0.15) is 33.1 Å². The van der Waals surface area contributed by atoms with Gasteiger partial charge < -0.3 is 21.1 Å². The van der Waals surface area contributed by atoms with E-state index in [2.05, 4.69) is 10.6 Å². The van der Waals surface area contributed by atoms with E-state index in [1.54, 1.807) is 25.1 Å². The normalized spacial score (nSPS) is 12.5. The van der Waals surface area contributed by atoms with E-state index in [1.165, 1.54) is 7.11 Å². The molecule has 0 fully saturated rings. The van der Waals surface area contributed by atoms with Gasteiger partial charge in [-0.25, -0.2) is 0 Å². The molecule has 0 saturated heterocycles. The molecular weight excluding hydrogens is 353 g/mol. The number of carbonyl (C=O) groups excluding carboxylic acids is 2. The molecule has 0 aliphatic carbocycles. The SMILES string of the molecule is CCCC(C)(N)C(=O)NCCC(=O)Nc1cc(Cl)ccc1OC.Cl. The van der Waals surface area contributed by atoms with Gasteiger partial charge in [-0.1, -0.05) is 24.9 Å². The summed E-state index contributed by atoms with van der Waals surface area (Å²) < 4.78 is 5.16. The van der Waals surface area contributed by atoms with E-state index in [1.807, 2.05) is 6.92 Å². The highest BCUT2D eigenvalue weighted by atomic mass is 35.5. The van der Waals surface area contributed by atoms with Gasteiger partial charge in [-0.15, -0.1) is 12.4 Å². The lowest BCUT2D eigenvalue weighted by atomic mass is 9.96. The van der Waals surface area contributed by atoms with Crippen LogP contribution in [0.15, 0.2) is 18.2 Å². The van der Waals surface area contributed by atoms with Crippen LogP contribution in [0.3, 0.4) is 0 Å². The lowest BCUT2D eigenvalue weighted by Crippen LogP contribution is -2.51. The number of halogens is 2. The molecule has 4 N–H and O–H groups in total. The molecule has 1 unspecified atom stereocenters. The summed E-state index contributed by atoms with van der Waals surface area (Å²) in [4.78, 5) is 23.9. The molecule has 2 amide bonds. The van der Waals surface area contributed by atoms with Crippen molar-refractivity contribution in [2.45, 2.75) is 38.6 Å². The zero-order valence-corrected chi connectivity index (χ0v) is 15.7. The third-order valence-electron chi connectivity index (χ3n) is 3.36. The zero-order chi connectivity index (χ0) is 17.5. The highest BCUT2D eigenvalue weighted by Crippen LogP contribution is 2.27. The van der Waals surface area contributed by atoms with E-state index in [9.17, 15) is 9.59 Å². The van der Waals surface area contributed by atoms with Gasteiger partial charge in [0.2, 0.25) is 11.8 Å². The topological polar surface area (TPSA) is 93.5 Å². The monoisotopic (exact) mass is 377 g/mol. The van der Waals surface area contributed by atoms with Crippen molar-refractivity contribution in [2.75, 3.05) is 19.0 Å². The van der Waals surface area contributed by atoms with Crippen molar-refractivity contribution < 1.29 is 14.3 Å². The van der Waals surface area contributed by atoms with Crippen molar-refractivity contribution in [3.05, 3.63) is 23.2 Å². The first-order valence-corrected chi connectivity index (χ1v) is 7.88. The highest BCUT2D eigenvalue weighted by Gasteiger charge is 2.26. The van der Waals surface area contributed by atoms with Gasteiger partial charge in [0.1, 0.15) is 5.75 Å². The van der Waals surface area contributed by atoms with Crippen LogP contribution in [-0.2, 0) is 9.59 Å². The van der Waals surface area contributed by atoms with E-state index in [0.29, 0.717) is 22.9 Å². The molecule has 0 bridgehead atoms. The van der Waals surface area contributed by atoms with E-state index < -0.39 is 5.54 Å². The van der Waals surface area contributed by atoms with Crippen LogP contribution in [0.5, 0.6) is 5.75 Å². The van der Waals surface area contributed by atoms with Gasteiger partial charge >= 0.3 is 0 Å². The first kappa shape index (κ1) is 22.5. The van der Waals surface area contributed by atoms with E-state index in [0.717, 1.165) is 6.42 Å². The van der Waals surface area contributed by atoms with Crippen LogP contribution < -0.4 is 21.1 Å². The average molecular weight is 378 g/mol. The minimum atomic E-state index is -0.915. The van der Waals surface area contributed by atoms with Crippen LogP contribution in [0.4, 0.5) is 5.69 Å². The first-order valence-electron chi connectivity index (χ1n) is 7.50. The Morgan fingerprint density at radius 1 is 1.38 bits per heavy atom. The second-order valence-electron chi connectivity index (χ2n) is 5.57. The van der Waals surface area contributed by atoms with Gasteiger partial charge in [-0.05, 0) is 31.5 Å². The Morgan fingerprint density at radius 2 is 2.04 bits per heavy atom. The molecule has 1 aromatic carbocycles. The van der Waals surface area contributed by atoms with E-state index in [4.69, 9.17) is 22.1 Å². The maximum atomic E-state index is 12.0. The molecule has 0 saturated carbocycles. The fourth-order valence-electron chi connectivity index (χ4n) is 2.11. The highest BCUT2D eigenvalue weighted by molar-refractivity contribution is 6.31. The molecule has 0 aliphatic heterocycles. The molecule has 24 heavy (non-hydrogen) atoms. The third kappa shape index (κ3) is 6.95. The number of carbonyl (C=O) groups is 2. The summed E-state index contributed by atoms with van der Waals surface area (Å²) in [5.74, 6) is 0.0110. The average Bonchev–Trinajstić information content (AvgIpc) is 2.47. The van der Waals surface area contributed by atoms with Gasteiger partial charge in [-0.2, -0.15) is 0 Å². The Bertz CT molecular complexity index is 565. The van der Waals surface area contributed by atoms with Crippen molar-refractivity contribution >= 4 is 41.5 Å². The molecule has 136 valence electrons. The molecule has 0 aromatic heterocycles. The Kier molecular flexibility index (Phi) is 9.73. The number of amides is 2. The number of methoxy groups -OCH3 is 1. The lowest BCUT2D eigenvalue weighted by Gasteiger charge is -2.22. The number of rotatable bonds is 8. The number of anilines is 1. The second-order valence-corrected chi connectivity index (χ2v) is 6.00. The van der Waals surface area contributed by atoms with Gasteiger partial charge in [0, 0.05) is 18.0 Å². The molecule has 0 radical (unpaired) electrons. The largest absolute Gasteiger partial charge is 0.495 e. The fraction of sp³-hybridized carbons (Fsp3) is 0.500. The molecule has 0 spiro atoms.